The number of esters is 1. The van der Waals surface area contributed by atoms with Crippen LogP contribution in [0.2, 0.25) is 0 Å². The van der Waals surface area contributed by atoms with Crippen LogP contribution in [-0.2, 0) is 14.3 Å². The Kier molecular flexibility index (Phi) is 5.37. The molecule has 0 saturated heterocycles. The third-order valence-electron chi connectivity index (χ3n) is 6.42. The van der Waals surface area contributed by atoms with Crippen LogP contribution in [0.3, 0.4) is 0 Å². The molecule has 0 spiro atoms. The number of benzene rings is 1. The van der Waals surface area contributed by atoms with Gasteiger partial charge in [-0.05, 0) is 50.0 Å². The van der Waals surface area contributed by atoms with Crippen LogP contribution < -0.4 is 5.32 Å². The van der Waals surface area contributed by atoms with Crippen molar-refractivity contribution >= 4 is 11.8 Å². The molecule has 1 saturated carbocycles. The van der Waals surface area contributed by atoms with Crippen molar-refractivity contribution in [1.29, 1.82) is 0 Å². The minimum Gasteiger partial charge on any atom is -0.459 e. The van der Waals surface area contributed by atoms with Crippen LogP contribution in [0.25, 0.3) is 0 Å². The molecule has 1 aliphatic heterocycles. The molecule has 154 valence electrons. The highest BCUT2D eigenvalue weighted by molar-refractivity contribution is 6.04. The van der Waals surface area contributed by atoms with E-state index in [1.54, 1.807) is 0 Å². The summed E-state index contributed by atoms with van der Waals surface area (Å²) in [7, 11) is 0. The van der Waals surface area contributed by atoms with Gasteiger partial charge in [-0.2, -0.15) is 0 Å². The van der Waals surface area contributed by atoms with E-state index in [0.717, 1.165) is 54.6 Å². The van der Waals surface area contributed by atoms with Crippen LogP contribution in [0.4, 0.5) is 0 Å². The lowest BCUT2D eigenvalue weighted by atomic mass is 9.68. The van der Waals surface area contributed by atoms with Crippen LogP contribution in [0.1, 0.15) is 77.2 Å². The number of carbonyl (C=O) groups is 2. The fraction of sp³-hybridized carbons (Fsp3) is 0.520. The van der Waals surface area contributed by atoms with Crippen molar-refractivity contribution in [2.24, 2.45) is 5.41 Å². The second kappa shape index (κ2) is 7.81. The molecule has 4 nitrogen and oxygen atoms in total. The van der Waals surface area contributed by atoms with Gasteiger partial charge in [0.15, 0.2) is 5.78 Å². The van der Waals surface area contributed by atoms with E-state index < -0.39 is 0 Å². The van der Waals surface area contributed by atoms with Gasteiger partial charge in [-0.1, -0.05) is 50.6 Å². The third kappa shape index (κ3) is 4.03. The van der Waals surface area contributed by atoms with Gasteiger partial charge in [-0.15, -0.1) is 0 Å². The zero-order valence-corrected chi connectivity index (χ0v) is 17.7. The SMILES string of the molecule is CC1=C(C(=O)OC2CCCCC2)[C@H](c2ccccc2)C2=C(CC(C)(C)CC2=O)N1. The van der Waals surface area contributed by atoms with Crippen molar-refractivity contribution in [3.63, 3.8) is 0 Å². The molecule has 0 radical (unpaired) electrons. The first-order chi connectivity index (χ1) is 13.9. The predicted molar refractivity (Wildman–Crippen MR) is 113 cm³/mol. The van der Waals surface area contributed by atoms with Gasteiger partial charge in [-0.25, -0.2) is 4.79 Å². The minimum absolute atomic E-state index is 0.00987. The number of hydrogen-bond acceptors (Lipinski definition) is 4. The molecule has 0 aromatic heterocycles. The van der Waals surface area contributed by atoms with Crippen molar-refractivity contribution in [3.8, 4) is 0 Å². The first kappa shape index (κ1) is 19.9. The summed E-state index contributed by atoms with van der Waals surface area (Å²) in [5, 5.41) is 3.41. The summed E-state index contributed by atoms with van der Waals surface area (Å²) >= 11 is 0. The normalized spacial score (nSPS) is 24.8. The number of hydrogen-bond donors (Lipinski definition) is 1. The zero-order chi connectivity index (χ0) is 20.6. The molecule has 2 aliphatic carbocycles. The second-order valence-corrected chi connectivity index (χ2v) is 9.51. The highest BCUT2D eigenvalue weighted by Crippen LogP contribution is 2.46. The molecule has 3 aliphatic rings. The van der Waals surface area contributed by atoms with Gasteiger partial charge in [0.1, 0.15) is 6.10 Å². The first-order valence-corrected chi connectivity index (χ1v) is 10.9. The average molecular weight is 394 g/mol. The summed E-state index contributed by atoms with van der Waals surface area (Å²) in [5.41, 5.74) is 4.01. The van der Waals surface area contributed by atoms with E-state index >= 15 is 0 Å². The standard InChI is InChI=1S/C25H31NO3/c1-16-21(24(28)29-18-12-8-5-9-13-18)22(17-10-6-4-7-11-17)23-19(26-16)14-25(2,3)15-20(23)27/h4,6-7,10-11,18,22,26H,5,8-9,12-15H2,1-3H3/t22-/m0/s1. The number of ketones is 1. The quantitative estimate of drug-likeness (QED) is 0.720. The molecular formula is C25H31NO3. The highest BCUT2D eigenvalue weighted by Gasteiger charge is 2.43. The Labute approximate surface area is 173 Å². The second-order valence-electron chi connectivity index (χ2n) is 9.51. The van der Waals surface area contributed by atoms with Gasteiger partial charge in [0.25, 0.3) is 0 Å². The molecule has 29 heavy (non-hydrogen) atoms. The van der Waals surface area contributed by atoms with E-state index in [2.05, 4.69) is 19.2 Å². The maximum atomic E-state index is 13.3. The number of rotatable bonds is 3. The lowest BCUT2D eigenvalue weighted by molar-refractivity contribution is -0.146. The molecule has 0 bridgehead atoms. The molecule has 1 aromatic rings. The molecule has 0 amide bonds. The summed E-state index contributed by atoms with van der Waals surface area (Å²) in [4.78, 5) is 26.5. The molecule has 1 heterocycles. The fourth-order valence-corrected chi connectivity index (χ4v) is 5.08. The van der Waals surface area contributed by atoms with Crippen molar-refractivity contribution < 1.29 is 14.3 Å². The van der Waals surface area contributed by atoms with Crippen LogP contribution in [0.15, 0.2) is 52.9 Å². The largest absolute Gasteiger partial charge is 0.459 e. The fourth-order valence-electron chi connectivity index (χ4n) is 5.08. The van der Waals surface area contributed by atoms with E-state index in [1.807, 2.05) is 37.3 Å². The summed E-state index contributed by atoms with van der Waals surface area (Å²) in [5.74, 6) is -0.500. The maximum Gasteiger partial charge on any atom is 0.337 e. The molecule has 1 fully saturated rings. The lowest BCUT2D eigenvalue weighted by Crippen LogP contribution is -2.39. The van der Waals surface area contributed by atoms with Gasteiger partial charge >= 0.3 is 5.97 Å². The third-order valence-corrected chi connectivity index (χ3v) is 6.42. The zero-order valence-electron chi connectivity index (χ0n) is 17.7. The Hall–Kier alpha value is -2.36. The van der Waals surface area contributed by atoms with Gasteiger partial charge in [0.05, 0.1) is 5.57 Å². The van der Waals surface area contributed by atoms with Crippen molar-refractivity contribution in [1.82, 2.24) is 5.32 Å². The Morgan fingerprint density at radius 3 is 2.45 bits per heavy atom. The first-order valence-electron chi connectivity index (χ1n) is 10.9. The smallest absolute Gasteiger partial charge is 0.337 e. The van der Waals surface area contributed by atoms with Crippen LogP contribution >= 0.6 is 0 Å². The van der Waals surface area contributed by atoms with Gasteiger partial charge < -0.3 is 10.1 Å². The molecule has 1 atom stereocenters. The lowest BCUT2D eigenvalue weighted by Gasteiger charge is -2.39. The van der Waals surface area contributed by atoms with E-state index in [9.17, 15) is 9.59 Å². The number of allylic oxidation sites excluding steroid dienone is 3. The van der Waals surface area contributed by atoms with Crippen LogP contribution in [0.5, 0.6) is 0 Å². The molecule has 4 rings (SSSR count). The number of carbonyl (C=O) groups excluding carboxylic acids is 2. The summed E-state index contributed by atoms with van der Waals surface area (Å²) in [6.07, 6.45) is 6.60. The molecule has 1 N–H and O–H groups in total. The summed E-state index contributed by atoms with van der Waals surface area (Å²) < 4.78 is 5.94. The topological polar surface area (TPSA) is 55.4 Å². The predicted octanol–water partition coefficient (Wildman–Crippen LogP) is 5.17. The molecular weight excluding hydrogens is 362 g/mol. The summed E-state index contributed by atoms with van der Waals surface area (Å²) in [6.45, 7) is 6.18. The average Bonchev–Trinajstić information content (AvgIpc) is 2.67. The number of ether oxygens (including phenoxy) is 1. The molecule has 1 aromatic carbocycles. The van der Waals surface area contributed by atoms with E-state index in [4.69, 9.17) is 4.74 Å². The van der Waals surface area contributed by atoms with E-state index in [0.29, 0.717) is 12.0 Å². The van der Waals surface area contributed by atoms with Gasteiger partial charge in [0, 0.05) is 29.3 Å². The minimum atomic E-state index is -0.354. The number of dihydropyridines is 1. The van der Waals surface area contributed by atoms with Crippen molar-refractivity contribution in [3.05, 3.63) is 58.4 Å². The van der Waals surface area contributed by atoms with Crippen LogP contribution in [0, 0.1) is 5.41 Å². The Morgan fingerprint density at radius 2 is 1.76 bits per heavy atom. The maximum absolute atomic E-state index is 13.3. The van der Waals surface area contributed by atoms with Crippen molar-refractivity contribution in [2.45, 2.75) is 77.7 Å². The van der Waals surface area contributed by atoms with Gasteiger partial charge in [-0.3, -0.25) is 4.79 Å². The Bertz CT molecular complexity index is 873. The van der Waals surface area contributed by atoms with E-state index in [1.165, 1.54) is 6.42 Å². The summed E-state index contributed by atoms with van der Waals surface area (Å²) in [6, 6.07) is 9.91. The molecule has 0 unspecified atom stereocenters. The van der Waals surface area contributed by atoms with Gasteiger partial charge in [0.2, 0.25) is 0 Å². The Morgan fingerprint density at radius 1 is 1.07 bits per heavy atom. The highest BCUT2D eigenvalue weighted by atomic mass is 16.5. The van der Waals surface area contributed by atoms with Crippen molar-refractivity contribution in [2.75, 3.05) is 0 Å². The monoisotopic (exact) mass is 393 g/mol. The van der Waals surface area contributed by atoms with Crippen LogP contribution in [-0.4, -0.2) is 17.9 Å². The molecule has 4 heteroatoms. The number of nitrogens with one attached hydrogen (secondary N) is 1. The number of Topliss-reactive ketones (excluding diaryl/α,β-unsaturated/α-hetero) is 1. The van der Waals surface area contributed by atoms with E-state index in [-0.39, 0.29) is 29.2 Å². The Balaban J connectivity index is 1.73.